The predicted octanol–water partition coefficient (Wildman–Crippen LogP) is 4.81. The molecule has 0 saturated carbocycles. The van der Waals surface area contributed by atoms with Gasteiger partial charge in [0.2, 0.25) is 5.88 Å². The first-order chi connectivity index (χ1) is 14.5. The number of allylic oxidation sites excluding steroid dienone is 1. The number of aliphatic imine (C=N–C) groups is 1. The van der Waals surface area contributed by atoms with Crippen molar-refractivity contribution in [3.63, 3.8) is 0 Å². The van der Waals surface area contributed by atoms with Crippen LogP contribution in [-0.4, -0.2) is 11.3 Å². The number of nitrogens with zero attached hydrogens (tertiary/aromatic N) is 2. The van der Waals surface area contributed by atoms with Crippen LogP contribution in [0.1, 0.15) is 28.2 Å². The zero-order valence-electron chi connectivity index (χ0n) is 16.1. The molecule has 1 atom stereocenters. The van der Waals surface area contributed by atoms with Gasteiger partial charge in [-0.1, -0.05) is 30.3 Å². The maximum Gasteiger partial charge on any atom is 0.205 e. The van der Waals surface area contributed by atoms with E-state index in [0.29, 0.717) is 22.4 Å². The first kappa shape index (κ1) is 19.2. The standard InChI is InChI=1S/C24H18FN3O2/c1-14-5-2-3-8-20(14)28-13-16-10-18-22(11-21(16)29)30-24(27)19(12-26)23(18)15-6-4-7-17(25)9-15/h2-11,13,23,29H,27H2,1H3/t23-/m1/s1. The van der Waals surface area contributed by atoms with E-state index in [1.165, 1.54) is 18.2 Å². The van der Waals surface area contributed by atoms with Crippen molar-refractivity contribution in [1.82, 2.24) is 0 Å². The Morgan fingerprint density at radius 1 is 1.17 bits per heavy atom. The number of phenolic OH excluding ortho intramolecular Hbond substituents is 1. The average molecular weight is 399 g/mol. The number of rotatable bonds is 3. The smallest absolute Gasteiger partial charge is 0.205 e. The lowest BCUT2D eigenvalue weighted by atomic mass is 9.83. The summed E-state index contributed by atoms with van der Waals surface area (Å²) in [5, 5.41) is 20.1. The first-order valence-corrected chi connectivity index (χ1v) is 9.27. The Kier molecular flexibility index (Phi) is 4.95. The lowest BCUT2D eigenvalue weighted by molar-refractivity contribution is 0.388. The Bertz CT molecular complexity index is 1240. The van der Waals surface area contributed by atoms with Crippen molar-refractivity contribution < 1.29 is 14.2 Å². The van der Waals surface area contributed by atoms with E-state index in [1.807, 2.05) is 31.2 Å². The van der Waals surface area contributed by atoms with Crippen molar-refractivity contribution in [3.8, 4) is 17.6 Å². The molecule has 3 aromatic carbocycles. The maximum atomic E-state index is 13.9. The maximum absolute atomic E-state index is 13.9. The van der Waals surface area contributed by atoms with Crippen LogP contribution in [0.5, 0.6) is 11.5 Å². The van der Waals surface area contributed by atoms with Gasteiger partial charge in [0.1, 0.15) is 29.0 Å². The number of phenols is 1. The van der Waals surface area contributed by atoms with Gasteiger partial charge in [-0.3, -0.25) is 4.99 Å². The minimum Gasteiger partial charge on any atom is -0.507 e. The number of aryl methyl sites for hydroxylation is 1. The zero-order chi connectivity index (χ0) is 21.3. The van der Waals surface area contributed by atoms with E-state index >= 15 is 0 Å². The molecule has 1 heterocycles. The highest BCUT2D eigenvalue weighted by molar-refractivity contribution is 5.87. The van der Waals surface area contributed by atoms with Gasteiger partial charge in [-0.25, -0.2) is 4.39 Å². The SMILES string of the molecule is Cc1ccccc1N=Cc1cc2c(cc1O)OC(N)=C(C#N)[C@@H]2c1cccc(F)c1. The van der Waals surface area contributed by atoms with Crippen LogP contribution in [-0.2, 0) is 0 Å². The number of fused-ring (bicyclic) bond motifs is 1. The van der Waals surface area contributed by atoms with Gasteiger partial charge in [0.15, 0.2) is 0 Å². The Morgan fingerprint density at radius 2 is 1.97 bits per heavy atom. The third kappa shape index (κ3) is 3.49. The number of para-hydroxylation sites is 1. The second-order valence-corrected chi connectivity index (χ2v) is 6.97. The topological polar surface area (TPSA) is 91.6 Å². The fourth-order valence-electron chi connectivity index (χ4n) is 3.49. The summed E-state index contributed by atoms with van der Waals surface area (Å²) in [6, 6.07) is 18.8. The number of aromatic hydroxyl groups is 1. The molecular weight excluding hydrogens is 381 g/mol. The molecule has 0 saturated heterocycles. The first-order valence-electron chi connectivity index (χ1n) is 9.27. The molecule has 0 aromatic heterocycles. The third-order valence-corrected chi connectivity index (χ3v) is 5.00. The molecule has 0 unspecified atom stereocenters. The second kappa shape index (κ2) is 7.72. The van der Waals surface area contributed by atoms with Gasteiger partial charge in [-0.2, -0.15) is 5.26 Å². The normalized spacial score (nSPS) is 15.6. The van der Waals surface area contributed by atoms with Crippen LogP contribution in [0.15, 0.2) is 77.1 Å². The summed E-state index contributed by atoms with van der Waals surface area (Å²) in [6.45, 7) is 1.94. The van der Waals surface area contributed by atoms with E-state index in [2.05, 4.69) is 11.1 Å². The molecule has 30 heavy (non-hydrogen) atoms. The summed E-state index contributed by atoms with van der Waals surface area (Å²) in [5.74, 6) is -0.847. The molecule has 1 aliphatic heterocycles. The molecule has 148 valence electrons. The van der Waals surface area contributed by atoms with Gasteiger partial charge in [0.25, 0.3) is 0 Å². The van der Waals surface area contributed by atoms with Crippen LogP contribution in [0.3, 0.4) is 0 Å². The van der Waals surface area contributed by atoms with E-state index in [4.69, 9.17) is 10.5 Å². The highest BCUT2D eigenvalue weighted by Crippen LogP contribution is 2.44. The highest BCUT2D eigenvalue weighted by Gasteiger charge is 2.31. The van der Waals surface area contributed by atoms with Crippen LogP contribution >= 0.6 is 0 Å². The molecule has 0 radical (unpaired) electrons. The molecular formula is C24H18FN3O2. The lowest BCUT2D eigenvalue weighted by Crippen LogP contribution is -2.21. The molecule has 0 spiro atoms. The van der Waals surface area contributed by atoms with Crippen molar-refractivity contribution in [1.29, 1.82) is 5.26 Å². The number of ether oxygens (including phenoxy) is 1. The van der Waals surface area contributed by atoms with Gasteiger partial charge in [-0.05, 0) is 42.3 Å². The van der Waals surface area contributed by atoms with Crippen molar-refractivity contribution >= 4 is 11.9 Å². The van der Waals surface area contributed by atoms with E-state index in [1.54, 1.807) is 24.4 Å². The number of nitrogens with two attached hydrogens (primary N) is 1. The van der Waals surface area contributed by atoms with Crippen LogP contribution in [0.4, 0.5) is 10.1 Å². The predicted molar refractivity (Wildman–Crippen MR) is 112 cm³/mol. The third-order valence-electron chi connectivity index (χ3n) is 5.00. The van der Waals surface area contributed by atoms with E-state index in [9.17, 15) is 14.8 Å². The van der Waals surface area contributed by atoms with Gasteiger partial charge in [0.05, 0.1) is 11.6 Å². The average Bonchev–Trinajstić information content (AvgIpc) is 2.72. The van der Waals surface area contributed by atoms with Crippen LogP contribution in [0.25, 0.3) is 0 Å². The second-order valence-electron chi connectivity index (χ2n) is 6.97. The molecule has 0 amide bonds. The molecule has 1 aliphatic rings. The molecule has 3 N–H and O–H groups in total. The Balaban J connectivity index is 1.84. The van der Waals surface area contributed by atoms with Crippen LogP contribution in [0, 0.1) is 24.1 Å². The van der Waals surface area contributed by atoms with E-state index in [-0.39, 0.29) is 17.2 Å². The van der Waals surface area contributed by atoms with Gasteiger partial charge in [-0.15, -0.1) is 0 Å². The quantitative estimate of drug-likeness (QED) is 0.619. The molecule has 0 fully saturated rings. The summed E-state index contributed by atoms with van der Waals surface area (Å²) < 4.78 is 19.5. The number of nitriles is 1. The molecule has 5 nitrogen and oxygen atoms in total. The molecule has 6 heteroatoms. The summed E-state index contributed by atoms with van der Waals surface area (Å²) in [4.78, 5) is 4.46. The van der Waals surface area contributed by atoms with Crippen LogP contribution in [0.2, 0.25) is 0 Å². The number of hydrogen-bond acceptors (Lipinski definition) is 5. The Hall–Kier alpha value is -4.11. The highest BCUT2D eigenvalue weighted by atomic mass is 19.1. The summed E-state index contributed by atoms with van der Waals surface area (Å²) >= 11 is 0. The van der Waals surface area contributed by atoms with Gasteiger partial charge < -0.3 is 15.6 Å². The Morgan fingerprint density at radius 3 is 2.70 bits per heavy atom. The van der Waals surface area contributed by atoms with Crippen molar-refractivity contribution in [3.05, 3.63) is 100 Å². The van der Waals surface area contributed by atoms with Crippen molar-refractivity contribution in [2.45, 2.75) is 12.8 Å². The molecule has 4 rings (SSSR count). The Labute approximate surface area is 173 Å². The number of benzene rings is 3. The largest absolute Gasteiger partial charge is 0.507 e. The summed E-state index contributed by atoms with van der Waals surface area (Å²) in [7, 11) is 0. The molecule has 0 bridgehead atoms. The lowest BCUT2D eigenvalue weighted by Gasteiger charge is -2.27. The van der Waals surface area contributed by atoms with Crippen molar-refractivity contribution in [2.75, 3.05) is 0 Å². The summed E-state index contributed by atoms with van der Waals surface area (Å²) in [6.07, 6.45) is 1.55. The molecule has 3 aromatic rings. The van der Waals surface area contributed by atoms with Gasteiger partial charge in [0, 0.05) is 23.4 Å². The summed E-state index contributed by atoms with van der Waals surface area (Å²) in [5.41, 5.74) is 9.49. The number of halogens is 1. The monoisotopic (exact) mass is 399 g/mol. The van der Waals surface area contributed by atoms with E-state index in [0.717, 1.165) is 11.3 Å². The molecule has 0 aliphatic carbocycles. The minimum atomic E-state index is -0.624. The van der Waals surface area contributed by atoms with E-state index < -0.39 is 11.7 Å². The van der Waals surface area contributed by atoms with Gasteiger partial charge >= 0.3 is 0 Å². The number of hydrogen-bond donors (Lipinski definition) is 2. The minimum absolute atomic E-state index is 0.0442. The van der Waals surface area contributed by atoms with Crippen molar-refractivity contribution in [2.24, 2.45) is 10.7 Å². The fourth-order valence-corrected chi connectivity index (χ4v) is 3.49. The fraction of sp³-hybridized carbons (Fsp3) is 0.0833. The van der Waals surface area contributed by atoms with Crippen LogP contribution < -0.4 is 10.5 Å². The zero-order valence-corrected chi connectivity index (χ0v) is 16.1.